The van der Waals surface area contributed by atoms with Gasteiger partial charge in [-0.15, -0.1) is 0 Å². The van der Waals surface area contributed by atoms with Gasteiger partial charge in [-0.2, -0.15) is 0 Å². The lowest BCUT2D eigenvalue weighted by atomic mass is 9.78. The summed E-state index contributed by atoms with van der Waals surface area (Å²) in [6.45, 7) is 0. The van der Waals surface area contributed by atoms with E-state index in [1.165, 1.54) is 11.1 Å². The molecule has 0 saturated heterocycles. The fraction of sp³-hybridized carbons (Fsp3) is 0.278. The molecule has 120 valence electrons. The number of fused-ring (bicyclic) bond motifs is 4. The van der Waals surface area contributed by atoms with E-state index in [0.717, 1.165) is 29.8 Å². The molecular weight excluding hydrogens is 302 g/mol. The zero-order valence-electron chi connectivity index (χ0n) is 13.0. The number of benzene rings is 1. The minimum absolute atomic E-state index is 0.0568. The molecular formula is C18H17N5O. The van der Waals surface area contributed by atoms with Gasteiger partial charge in [0, 0.05) is 23.2 Å². The molecule has 1 aliphatic carbocycles. The molecule has 3 aromatic rings. The second-order valence-corrected chi connectivity index (χ2v) is 6.50. The third kappa shape index (κ3) is 1.77. The summed E-state index contributed by atoms with van der Waals surface area (Å²) in [4.78, 5) is 12.7. The van der Waals surface area contributed by atoms with Crippen LogP contribution in [0.25, 0.3) is 11.3 Å². The number of aromatic nitrogens is 4. The highest BCUT2D eigenvalue weighted by atomic mass is 16.3. The smallest absolute Gasteiger partial charge is 0.220 e. The van der Waals surface area contributed by atoms with E-state index in [1.807, 2.05) is 18.6 Å². The van der Waals surface area contributed by atoms with Gasteiger partial charge < -0.3 is 15.4 Å². The zero-order chi connectivity index (χ0) is 16.3. The Hall–Kier alpha value is -2.73. The highest BCUT2D eigenvalue weighted by Crippen LogP contribution is 2.49. The first-order valence-electron chi connectivity index (χ1n) is 8.14. The van der Waals surface area contributed by atoms with Crippen molar-refractivity contribution in [2.75, 3.05) is 5.73 Å². The van der Waals surface area contributed by atoms with E-state index in [1.54, 1.807) is 6.20 Å². The highest BCUT2D eigenvalue weighted by Gasteiger charge is 2.40. The van der Waals surface area contributed by atoms with E-state index >= 15 is 0 Å². The highest BCUT2D eigenvalue weighted by molar-refractivity contribution is 5.69. The molecule has 2 aliphatic rings. The third-order valence-corrected chi connectivity index (χ3v) is 5.28. The van der Waals surface area contributed by atoms with Crippen LogP contribution in [0.1, 0.15) is 35.4 Å². The van der Waals surface area contributed by atoms with Crippen LogP contribution >= 0.6 is 0 Å². The number of aryl methyl sites for hydroxylation is 1. The van der Waals surface area contributed by atoms with Crippen LogP contribution in [0, 0.1) is 5.92 Å². The number of nitrogen functional groups attached to an aromatic ring is 1. The van der Waals surface area contributed by atoms with Crippen LogP contribution in [-0.2, 0) is 6.42 Å². The fourth-order valence-corrected chi connectivity index (χ4v) is 4.22. The molecule has 1 aromatic carbocycles. The second kappa shape index (κ2) is 4.88. The van der Waals surface area contributed by atoms with Crippen molar-refractivity contribution in [2.45, 2.75) is 25.0 Å². The first-order valence-corrected chi connectivity index (χ1v) is 8.14. The number of aliphatic hydroxyl groups excluding tert-OH is 1. The summed E-state index contributed by atoms with van der Waals surface area (Å²) in [5.74, 6) is 0.323. The molecule has 6 nitrogen and oxygen atoms in total. The molecule has 0 radical (unpaired) electrons. The maximum Gasteiger partial charge on any atom is 0.220 e. The maximum absolute atomic E-state index is 11.0. The summed E-state index contributed by atoms with van der Waals surface area (Å²) < 4.78 is 2.18. The van der Waals surface area contributed by atoms with Crippen molar-refractivity contribution in [1.29, 1.82) is 0 Å². The van der Waals surface area contributed by atoms with E-state index in [4.69, 9.17) is 5.73 Å². The normalized spacial score (nSPS) is 24.3. The van der Waals surface area contributed by atoms with Crippen LogP contribution in [0.4, 0.5) is 5.95 Å². The van der Waals surface area contributed by atoms with E-state index in [9.17, 15) is 5.11 Å². The van der Waals surface area contributed by atoms with Crippen LogP contribution in [0.15, 0.2) is 43.0 Å². The quantitative estimate of drug-likeness (QED) is 0.717. The lowest BCUT2D eigenvalue weighted by Crippen LogP contribution is -2.29. The molecule has 3 atom stereocenters. The number of imidazole rings is 1. The van der Waals surface area contributed by atoms with Crippen LogP contribution in [0.2, 0.25) is 0 Å². The van der Waals surface area contributed by atoms with Crippen molar-refractivity contribution in [3.05, 3.63) is 59.8 Å². The van der Waals surface area contributed by atoms with Gasteiger partial charge in [-0.1, -0.05) is 24.3 Å². The summed E-state index contributed by atoms with van der Waals surface area (Å²) in [5.41, 5.74) is 10.9. The predicted molar refractivity (Wildman–Crippen MR) is 89.0 cm³/mol. The SMILES string of the molecule is Nc1ncc2c(n1)CC[C@H]([C@@H]1c3ccccc3-c3cncn31)[C@@H]2O. The summed E-state index contributed by atoms with van der Waals surface area (Å²) >= 11 is 0. The molecule has 5 rings (SSSR count). The summed E-state index contributed by atoms with van der Waals surface area (Å²) in [6.07, 6.45) is 6.46. The van der Waals surface area contributed by atoms with Crippen molar-refractivity contribution in [3.63, 3.8) is 0 Å². The Kier molecular flexibility index (Phi) is 2.78. The molecule has 24 heavy (non-hydrogen) atoms. The number of hydrogen-bond donors (Lipinski definition) is 2. The first-order chi connectivity index (χ1) is 11.7. The molecule has 1 aliphatic heterocycles. The predicted octanol–water partition coefficient (Wildman–Crippen LogP) is 2.12. The van der Waals surface area contributed by atoms with Gasteiger partial charge >= 0.3 is 0 Å². The Morgan fingerprint density at radius 1 is 1.17 bits per heavy atom. The molecule has 2 aromatic heterocycles. The van der Waals surface area contributed by atoms with E-state index < -0.39 is 6.10 Å². The molecule has 3 N–H and O–H groups in total. The monoisotopic (exact) mass is 319 g/mol. The van der Waals surface area contributed by atoms with Crippen LogP contribution in [0.5, 0.6) is 0 Å². The average molecular weight is 319 g/mol. The van der Waals surface area contributed by atoms with Gasteiger partial charge in [0.2, 0.25) is 5.95 Å². The average Bonchev–Trinajstić information content (AvgIpc) is 3.16. The van der Waals surface area contributed by atoms with Crippen LogP contribution in [0.3, 0.4) is 0 Å². The number of rotatable bonds is 1. The molecule has 0 fully saturated rings. The fourth-order valence-electron chi connectivity index (χ4n) is 4.22. The van der Waals surface area contributed by atoms with Crippen molar-refractivity contribution in [2.24, 2.45) is 5.92 Å². The summed E-state index contributed by atoms with van der Waals surface area (Å²) in [5, 5.41) is 11.0. The molecule has 0 bridgehead atoms. The molecule has 0 amide bonds. The van der Waals surface area contributed by atoms with Gasteiger partial charge in [-0.25, -0.2) is 15.0 Å². The van der Waals surface area contributed by atoms with Gasteiger partial charge in [0.1, 0.15) is 0 Å². The molecule has 3 heterocycles. The summed E-state index contributed by atoms with van der Waals surface area (Å²) in [7, 11) is 0. The van der Waals surface area contributed by atoms with Crippen molar-refractivity contribution < 1.29 is 5.11 Å². The van der Waals surface area contributed by atoms with E-state index in [0.29, 0.717) is 0 Å². The van der Waals surface area contributed by atoms with Crippen molar-refractivity contribution >= 4 is 5.95 Å². The lowest BCUT2D eigenvalue weighted by molar-refractivity contribution is 0.0707. The van der Waals surface area contributed by atoms with Gasteiger partial charge in [-0.05, 0) is 18.4 Å². The van der Waals surface area contributed by atoms with Crippen molar-refractivity contribution in [1.82, 2.24) is 19.5 Å². The first kappa shape index (κ1) is 13.7. The third-order valence-electron chi connectivity index (χ3n) is 5.28. The largest absolute Gasteiger partial charge is 0.388 e. The topological polar surface area (TPSA) is 89.9 Å². The van der Waals surface area contributed by atoms with Crippen LogP contribution < -0.4 is 5.73 Å². The minimum atomic E-state index is -0.610. The van der Waals surface area contributed by atoms with Crippen molar-refractivity contribution in [3.8, 4) is 11.3 Å². The Labute approximate surface area is 139 Å². The lowest BCUT2D eigenvalue weighted by Gasteiger charge is -2.34. The maximum atomic E-state index is 11.0. The number of hydrogen-bond acceptors (Lipinski definition) is 5. The van der Waals surface area contributed by atoms with E-state index in [-0.39, 0.29) is 17.9 Å². The second-order valence-electron chi connectivity index (χ2n) is 6.50. The number of nitrogens with zero attached hydrogens (tertiary/aromatic N) is 4. The molecule has 6 heteroatoms. The Balaban J connectivity index is 1.62. The Morgan fingerprint density at radius 2 is 2.04 bits per heavy atom. The zero-order valence-corrected chi connectivity index (χ0v) is 13.0. The van der Waals surface area contributed by atoms with Gasteiger partial charge in [0.05, 0.1) is 36.1 Å². The number of aliphatic hydroxyl groups is 1. The van der Waals surface area contributed by atoms with Gasteiger partial charge in [0.15, 0.2) is 0 Å². The number of nitrogens with two attached hydrogens (primary N) is 1. The molecule has 0 saturated carbocycles. The van der Waals surface area contributed by atoms with Gasteiger partial charge in [0.25, 0.3) is 0 Å². The Morgan fingerprint density at radius 3 is 2.96 bits per heavy atom. The summed E-state index contributed by atoms with van der Waals surface area (Å²) in [6, 6.07) is 8.45. The minimum Gasteiger partial charge on any atom is -0.388 e. The van der Waals surface area contributed by atoms with Crippen LogP contribution in [-0.4, -0.2) is 24.6 Å². The van der Waals surface area contributed by atoms with E-state index in [2.05, 4.69) is 37.7 Å². The Bertz CT molecular complexity index is 935. The molecule has 0 unspecified atom stereocenters. The number of anilines is 1. The molecule has 0 spiro atoms. The standard InChI is InChI=1S/C18H17N5O/c19-18-21-7-13-14(22-18)6-5-12(17(13)24)16-11-4-2-1-3-10(11)15-8-20-9-23(15)16/h1-4,7-9,12,16-17,24H,5-6H2,(H2,19,21,22)/t12-,16+,17+/m1/s1. The van der Waals surface area contributed by atoms with Gasteiger partial charge in [-0.3, -0.25) is 0 Å².